The molecular formula is C16H26F3N3O4. The van der Waals surface area contributed by atoms with Gasteiger partial charge in [-0.3, -0.25) is 10.1 Å². The van der Waals surface area contributed by atoms with Crippen molar-refractivity contribution in [3.8, 4) is 0 Å². The lowest BCUT2D eigenvalue weighted by molar-refractivity contribution is -0.135. The molecule has 1 amide bonds. The van der Waals surface area contributed by atoms with Gasteiger partial charge in [0.2, 0.25) is 11.8 Å². The highest BCUT2D eigenvalue weighted by atomic mass is 19.4. The van der Waals surface area contributed by atoms with Crippen molar-refractivity contribution in [3.05, 3.63) is 11.8 Å². The number of hydrogen-bond donors (Lipinski definition) is 3. The minimum Gasteiger partial charge on any atom is -0.394 e. The lowest BCUT2D eigenvalue weighted by Gasteiger charge is -2.24. The van der Waals surface area contributed by atoms with Crippen LogP contribution in [0.2, 0.25) is 0 Å². The van der Waals surface area contributed by atoms with Gasteiger partial charge >= 0.3 is 6.18 Å². The fourth-order valence-corrected chi connectivity index (χ4v) is 2.03. The quantitative estimate of drug-likeness (QED) is 0.539. The first-order valence-corrected chi connectivity index (χ1v) is 8.22. The summed E-state index contributed by atoms with van der Waals surface area (Å²) in [6.45, 7) is 6.61. The average molecular weight is 381 g/mol. The molecule has 1 aromatic rings. The third-order valence-corrected chi connectivity index (χ3v) is 3.69. The summed E-state index contributed by atoms with van der Waals surface area (Å²) in [4.78, 5) is 12.3. The zero-order chi connectivity index (χ0) is 20.0. The Morgan fingerprint density at radius 3 is 2.54 bits per heavy atom. The molecule has 0 aliphatic carbocycles. The number of nitrogens with one attached hydrogen (secondary N) is 2. The molecule has 150 valence electrons. The molecule has 1 aromatic heterocycles. The van der Waals surface area contributed by atoms with Gasteiger partial charge < -0.3 is 19.7 Å². The molecule has 0 fully saturated rings. The number of ether oxygens (including phenoxy) is 1. The van der Waals surface area contributed by atoms with Gasteiger partial charge in [0.1, 0.15) is 11.3 Å². The topological polar surface area (TPSA) is 96.6 Å². The molecule has 0 spiro atoms. The Kier molecular flexibility index (Phi) is 7.60. The molecule has 0 aromatic carbocycles. The smallest absolute Gasteiger partial charge is 0.389 e. The van der Waals surface area contributed by atoms with Crippen molar-refractivity contribution >= 4 is 11.8 Å². The Hall–Kier alpha value is -1.65. The highest BCUT2D eigenvalue weighted by Crippen LogP contribution is 2.26. The van der Waals surface area contributed by atoms with Crippen LogP contribution in [0.5, 0.6) is 0 Å². The van der Waals surface area contributed by atoms with E-state index in [9.17, 15) is 18.0 Å². The number of nitrogens with zero attached hydrogens (tertiary/aromatic N) is 1. The predicted molar refractivity (Wildman–Crippen MR) is 88.6 cm³/mol. The van der Waals surface area contributed by atoms with Crippen LogP contribution >= 0.6 is 0 Å². The minimum atomic E-state index is -4.21. The van der Waals surface area contributed by atoms with E-state index in [1.807, 2.05) is 0 Å². The molecule has 26 heavy (non-hydrogen) atoms. The summed E-state index contributed by atoms with van der Waals surface area (Å²) in [5.41, 5.74) is -1.49. The monoisotopic (exact) mass is 381 g/mol. The van der Waals surface area contributed by atoms with Crippen LogP contribution in [0.15, 0.2) is 10.6 Å². The van der Waals surface area contributed by atoms with Crippen molar-refractivity contribution in [2.24, 2.45) is 0 Å². The summed E-state index contributed by atoms with van der Waals surface area (Å²) >= 11 is 0. The normalized spacial score (nSPS) is 13.1. The Balaban J connectivity index is 2.58. The predicted octanol–water partition coefficient (Wildman–Crippen LogP) is 2.57. The highest BCUT2D eigenvalue weighted by Gasteiger charge is 2.31. The van der Waals surface area contributed by atoms with Gasteiger partial charge in [-0.15, -0.1) is 0 Å². The van der Waals surface area contributed by atoms with Crippen molar-refractivity contribution in [2.75, 3.05) is 25.1 Å². The summed E-state index contributed by atoms with van der Waals surface area (Å²) in [6, 6.07) is 1.50. The Labute approximate surface area is 150 Å². The van der Waals surface area contributed by atoms with Gasteiger partial charge in [-0.05, 0) is 40.7 Å². The molecule has 0 unspecified atom stereocenters. The first kappa shape index (κ1) is 22.4. The number of rotatable bonds is 10. The average Bonchev–Trinajstić information content (AvgIpc) is 2.98. The van der Waals surface area contributed by atoms with Crippen LogP contribution in [0, 0.1) is 0 Å². The largest absolute Gasteiger partial charge is 0.394 e. The second-order valence-corrected chi connectivity index (χ2v) is 6.88. The summed E-state index contributed by atoms with van der Waals surface area (Å²) in [6.07, 6.45) is -5.25. The molecule has 0 aliphatic heterocycles. The summed E-state index contributed by atoms with van der Waals surface area (Å²) in [5, 5.41) is 18.0. The Morgan fingerprint density at radius 2 is 1.96 bits per heavy atom. The zero-order valence-corrected chi connectivity index (χ0v) is 15.4. The van der Waals surface area contributed by atoms with Crippen LogP contribution in [0.1, 0.15) is 46.2 Å². The van der Waals surface area contributed by atoms with Crippen molar-refractivity contribution < 1.29 is 32.3 Å². The molecule has 0 atom stereocenters. The van der Waals surface area contributed by atoms with Crippen molar-refractivity contribution in [1.29, 1.82) is 0 Å². The molecule has 0 radical (unpaired) electrons. The fraction of sp³-hybridized carbons (Fsp3) is 0.750. The van der Waals surface area contributed by atoms with Gasteiger partial charge in [0.15, 0.2) is 0 Å². The van der Waals surface area contributed by atoms with E-state index < -0.39 is 29.6 Å². The number of anilines is 1. The van der Waals surface area contributed by atoms with Crippen LogP contribution < -0.4 is 10.6 Å². The first-order chi connectivity index (χ1) is 11.9. The van der Waals surface area contributed by atoms with Crippen LogP contribution in [0.4, 0.5) is 19.1 Å². The third kappa shape index (κ3) is 7.30. The number of amides is 1. The van der Waals surface area contributed by atoms with Gasteiger partial charge in [0, 0.05) is 12.5 Å². The van der Waals surface area contributed by atoms with Crippen LogP contribution in [-0.2, 0) is 15.1 Å². The highest BCUT2D eigenvalue weighted by molar-refractivity contribution is 5.96. The van der Waals surface area contributed by atoms with Gasteiger partial charge in [0.05, 0.1) is 18.8 Å². The molecule has 7 nitrogen and oxygen atoms in total. The fourth-order valence-electron chi connectivity index (χ4n) is 2.03. The molecule has 10 heteroatoms. The first-order valence-electron chi connectivity index (χ1n) is 8.22. The minimum absolute atomic E-state index is 0.0453. The number of aliphatic hydroxyl groups is 1. The van der Waals surface area contributed by atoms with E-state index >= 15 is 0 Å². The molecule has 0 bridgehead atoms. The molecule has 1 rings (SSSR count). The molecule has 0 saturated carbocycles. The van der Waals surface area contributed by atoms with E-state index in [1.54, 1.807) is 27.7 Å². The molecule has 1 heterocycles. The Bertz CT molecular complexity index is 586. The number of aromatic nitrogens is 1. The van der Waals surface area contributed by atoms with E-state index in [0.717, 1.165) is 0 Å². The Morgan fingerprint density at radius 1 is 1.31 bits per heavy atom. The van der Waals surface area contributed by atoms with E-state index in [4.69, 9.17) is 14.4 Å². The summed E-state index contributed by atoms with van der Waals surface area (Å²) in [5.74, 6) is -0.378. The summed E-state index contributed by atoms with van der Waals surface area (Å²) < 4.78 is 47.0. The number of halogens is 3. The summed E-state index contributed by atoms with van der Waals surface area (Å²) in [7, 11) is 0. The second kappa shape index (κ2) is 8.83. The lowest BCUT2D eigenvalue weighted by atomic mass is 10.0. The SMILES string of the molecule is CC(C)(NCCCC(F)(F)F)C(=O)Nc1cc(C(C)(C)OCCO)no1. The molecule has 3 N–H and O–H groups in total. The maximum absolute atomic E-state index is 12.3. The zero-order valence-electron chi connectivity index (χ0n) is 15.4. The number of alkyl halides is 3. The molecule has 0 saturated heterocycles. The second-order valence-electron chi connectivity index (χ2n) is 6.88. The van der Waals surface area contributed by atoms with E-state index in [0.29, 0.717) is 5.69 Å². The van der Waals surface area contributed by atoms with Crippen LogP contribution in [0.25, 0.3) is 0 Å². The number of carbonyl (C=O) groups excluding carboxylic acids is 1. The van der Waals surface area contributed by atoms with Crippen molar-refractivity contribution in [2.45, 2.75) is 57.9 Å². The van der Waals surface area contributed by atoms with E-state index in [2.05, 4.69) is 15.8 Å². The third-order valence-electron chi connectivity index (χ3n) is 3.69. The van der Waals surface area contributed by atoms with Crippen LogP contribution in [0.3, 0.4) is 0 Å². The van der Waals surface area contributed by atoms with Crippen molar-refractivity contribution in [1.82, 2.24) is 10.5 Å². The standard InChI is InChI=1S/C16H26F3N3O4/c1-14(2,20-7-5-6-16(17,18)19)13(24)21-12-10-11(22-26-12)15(3,4)25-9-8-23/h10,20,23H,5-9H2,1-4H3,(H,21,24). The maximum atomic E-state index is 12.3. The van der Waals surface area contributed by atoms with Gasteiger partial charge in [-0.25, -0.2) is 0 Å². The molecular weight excluding hydrogens is 355 g/mol. The number of aliphatic hydroxyl groups excluding tert-OH is 1. The maximum Gasteiger partial charge on any atom is 0.389 e. The van der Waals surface area contributed by atoms with Gasteiger partial charge in [-0.1, -0.05) is 5.16 Å². The van der Waals surface area contributed by atoms with E-state index in [1.165, 1.54) is 6.07 Å². The van der Waals surface area contributed by atoms with Crippen LogP contribution in [-0.4, -0.2) is 47.6 Å². The lowest BCUT2D eigenvalue weighted by Crippen LogP contribution is -2.50. The van der Waals surface area contributed by atoms with E-state index in [-0.39, 0.29) is 32.1 Å². The van der Waals surface area contributed by atoms with Gasteiger partial charge in [0.25, 0.3) is 0 Å². The molecule has 0 aliphatic rings. The van der Waals surface area contributed by atoms with Crippen molar-refractivity contribution in [3.63, 3.8) is 0 Å². The van der Waals surface area contributed by atoms with Gasteiger partial charge in [-0.2, -0.15) is 13.2 Å². The number of hydrogen-bond acceptors (Lipinski definition) is 6. The number of carbonyl (C=O) groups is 1.